The smallest absolute Gasteiger partial charge is 0.138 e. The minimum Gasteiger partial charge on any atom is -0.395 e. The third kappa shape index (κ3) is 0.875. The van der Waals surface area contributed by atoms with Gasteiger partial charge in [0.05, 0.1) is 12.0 Å². The van der Waals surface area contributed by atoms with E-state index in [1.807, 2.05) is 0 Å². The van der Waals surface area contributed by atoms with Crippen molar-refractivity contribution in [1.82, 2.24) is 0 Å². The summed E-state index contributed by atoms with van der Waals surface area (Å²) in [5.74, 6) is 1.42. The van der Waals surface area contributed by atoms with Crippen LogP contribution in [0.2, 0.25) is 0 Å². The Morgan fingerprint density at radius 1 is 1.58 bits per heavy atom. The van der Waals surface area contributed by atoms with Gasteiger partial charge in [0, 0.05) is 0 Å². The Bertz CT molecular complexity index is 212. The zero-order valence-electron chi connectivity index (χ0n) is 7.55. The van der Waals surface area contributed by atoms with Crippen LogP contribution in [-0.4, -0.2) is 17.5 Å². The molecule has 0 aromatic heterocycles. The van der Waals surface area contributed by atoms with Gasteiger partial charge < -0.3 is 5.11 Å². The van der Waals surface area contributed by atoms with Crippen LogP contribution < -0.4 is 0 Å². The molecule has 0 heterocycles. The fourth-order valence-corrected chi connectivity index (χ4v) is 3.18. The zero-order valence-corrected chi connectivity index (χ0v) is 7.55. The van der Waals surface area contributed by atoms with Crippen molar-refractivity contribution in [2.24, 2.45) is 17.3 Å². The van der Waals surface area contributed by atoms with E-state index in [2.05, 4.69) is 0 Å². The molecule has 1 N–H and O–H groups in total. The van der Waals surface area contributed by atoms with Gasteiger partial charge >= 0.3 is 0 Å². The van der Waals surface area contributed by atoms with Crippen LogP contribution in [-0.2, 0) is 4.79 Å². The minimum atomic E-state index is -0.330. The summed E-state index contributed by atoms with van der Waals surface area (Å²) in [7, 11) is 0. The van der Waals surface area contributed by atoms with Crippen molar-refractivity contribution in [3.05, 3.63) is 0 Å². The van der Waals surface area contributed by atoms with E-state index in [0.29, 0.717) is 5.92 Å². The highest BCUT2D eigenvalue weighted by molar-refractivity contribution is 5.83. The molecule has 0 spiro atoms. The molecule has 68 valence electrons. The van der Waals surface area contributed by atoms with Crippen LogP contribution in [0.5, 0.6) is 0 Å². The monoisotopic (exact) mass is 168 g/mol. The molecule has 12 heavy (non-hydrogen) atoms. The number of ketones is 1. The van der Waals surface area contributed by atoms with E-state index in [0.717, 1.165) is 18.8 Å². The summed E-state index contributed by atoms with van der Waals surface area (Å²) in [6.07, 6.45) is 4.56. The van der Waals surface area contributed by atoms with Gasteiger partial charge in [0.25, 0.3) is 0 Å². The summed E-state index contributed by atoms with van der Waals surface area (Å²) >= 11 is 0. The fraction of sp³-hybridized carbons (Fsp3) is 0.900. The topological polar surface area (TPSA) is 37.3 Å². The molecular formula is C10H16O2. The summed E-state index contributed by atoms with van der Waals surface area (Å²) in [4.78, 5) is 11.4. The number of hydrogen-bond donors (Lipinski definition) is 1. The summed E-state index contributed by atoms with van der Waals surface area (Å²) in [5, 5.41) is 9.29. The standard InChI is InChI=1S/C10H16O2/c1-7(12)10(6-11)5-8-2-3-9(10)4-8/h8-9,11H,2-6H2,1H3. The Morgan fingerprint density at radius 2 is 2.33 bits per heavy atom. The van der Waals surface area contributed by atoms with Crippen molar-refractivity contribution in [2.45, 2.75) is 32.6 Å². The summed E-state index contributed by atoms with van der Waals surface area (Å²) in [6, 6.07) is 0. The van der Waals surface area contributed by atoms with Crippen molar-refractivity contribution in [3.63, 3.8) is 0 Å². The predicted octanol–water partition coefficient (Wildman–Crippen LogP) is 1.37. The first-order chi connectivity index (χ1) is 5.69. The number of carbonyl (C=O) groups is 1. The van der Waals surface area contributed by atoms with Gasteiger partial charge in [0.2, 0.25) is 0 Å². The number of aliphatic hydroxyl groups is 1. The van der Waals surface area contributed by atoms with Crippen molar-refractivity contribution >= 4 is 5.78 Å². The largest absolute Gasteiger partial charge is 0.395 e. The molecule has 2 aliphatic carbocycles. The van der Waals surface area contributed by atoms with Gasteiger partial charge in [-0.15, -0.1) is 0 Å². The fourth-order valence-electron chi connectivity index (χ4n) is 3.18. The number of aliphatic hydroxyl groups excluding tert-OH is 1. The van der Waals surface area contributed by atoms with Gasteiger partial charge in [-0.3, -0.25) is 4.79 Å². The highest BCUT2D eigenvalue weighted by Crippen LogP contribution is 2.56. The van der Waals surface area contributed by atoms with E-state index in [9.17, 15) is 9.90 Å². The number of fused-ring (bicyclic) bond motifs is 2. The van der Waals surface area contributed by atoms with E-state index in [-0.39, 0.29) is 17.8 Å². The normalized spacial score (nSPS) is 45.2. The molecule has 3 atom stereocenters. The quantitative estimate of drug-likeness (QED) is 0.676. The molecule has 2 rings (SSSR count). The van der Waals surface area contributed by atoms with Crippen LogP contribution in [0.1, 0.15) is 32.6 Å². The SMILES string of the molecule is CC(=O)C1(CO)CC2CCC1C2. The molecule has 2 bridgehead atoms. The van der Waals surface area contributed by atoms with Crippen LogP contribution in [0.3, 0.4) is 0 Å². The number of rotatable bonds is 2. The summed E-state index contributed by atoms with van der Waals surface area (Å²) in [6.45, 7) is 1.71. The van der Waals surface area contributed by atoms with Crippen LogP contribution in [0.25, 0.3) is 0 Å². The van der Waals surface area contributed by atoms with Crippen LogP contribution >= 0.6 is 0 Å². The van der Waals surface area contributed by atoms with E-state index in [1.54, 1.807) is 6.92 Å². The maximum absolute atomic E-state index is 11.4. The van der Waals surface area contributed by atoms with Gasteiger partial charge in [-0.05, 0) is 38.0 Å². The van der Waals surface area contributed by atoms with Gasteiger partial charge in [-0.25, -0.2) is 0 Å². The van der Waals surface area contributed by atoms with Gasteiger partial charge in [0.1, 0.15) is 5.78 Å². The van der Waals surface area contributed by atoms with E-state index >= 15 is 0 Å². The molecule has 0 aliphatic heterocycles. The first kappa shape index (κ1) is 8.24. The number of hydrogen-bond acceptors (Lipinski definition) is 2. The lowest BCUT2D eigenvalue weighted by Crippen LogP contribution is -2.38. The molecule has 0 aromatic carbocycles. The first-order valence-electron chi connectivity index (χ1n) is 4.81. The van der Waals surface area contributed by atoms with Crippen molar-refractivity contribution < 1.29 is 9.90 Å². The Hall–Kier alpha value is -0.370. The molecular weight excluding hydrogens is 152 g/mol. The van der Waals surface area contributed by atoms with Crippen LogP contribution in [0.4, 0.5) is 0 Å². The van der Waals surface area contributed by atoms with Gasteiger partial charge in [0.15, 0.2) is 0 Å². The predicted molar refractivity (Wildman–Crippen MR) is 45.6 cm³/mol. The van der Waals surface area contributed by atoms with Crippen LogP contribution in [0, 0.1) is 17.3 Å². The molecule has 2 aliphatic rings. The van der Waals surface area contributed by atoms with Crippen molar-refractivity contribution in [3.8, 4) is 0 Å². The summed E-state index contributed by atoms with van der Waals surface area (Å²) in [5.41, 5.74) is -0.330. The lowest BCUT2D eigenvalue weighted by molar-refractivity contribution is -0.132. The number of Topliss-reactive ketones (excluding diaryl/α,β-unsaturated/α-hetero) is 1. The Kier molecular flexibility index (Phi) is 1.76. The molecule has 2 nitrogen and oxygen atoms in total. The summed E-state index contributed by atoms with van der Waals surface area (Å²) < 4.78 is 0. The molecule has 3 unspecified atom stereocenters. The minimum absolute atomic E-state index is 0.0729. The zero-order chi connectivity index (χ0) is 8.77. The molecule has 0 saturated heterocycles. The second-order valence-electron chi connectivity index (χ2n) is 4.45. The third-order valence-corrected chi connectivity index (χ3v) is 3.96. The molecule has 2 heteroatoms. The molecule has 0 radical (unpaired) electrons. The molecule has 2 fully saturated rings. The maximum atomic E-state index is 11.4. The molecule has 0 aromatic rings. The van der Waals surface area contributed by atoms with E-state index < -0.39 is 0 Å². The highest BCUT2D eigenvalue weighted by atomic mass is 16.3. The maximum Gasteiger partial charge on any atom is 0.138 e. The average molecular weight is 168 g/mol. The van der Waals surface area contributed by atoms with Gasteiger partial charge in [-0.1, -0.05) is 6.42 Å². The molecule has 2 saturated carbocycles. The lowest BCUT2D eigenvalue weighted by atomic mass is 9.71. The molecule has 0 amide bonds. The second-order valence-corrected chi connectivity index (χ2v) is 4.45. The van der Waals surface area contributed by atoms with Crippen molar-refractivity contribution in [1.29, 1.82) is 0 Å². The van der Waals surface area contributed by atoms with E-state index in [4.69, 9.17) is 0 Å². The highest BCUT2D eigenvalue weighted by Gasteiger charge is 2.53. The number of carbonyl (C=O) groups excluding carboxylic acids is 1. The Morgan fingerprint density at radius 3 is 2.58 bits per heavy atom. The second kappa shape index (κ2) is 2.56. The average Bonchev–Trinajstić information content (AvgIpc) is 2.62. The lowest BCUT2D eigenvalue weighted by Gasteiger charge is -2.33. The van der Waals surface area contributed by atoms with Gasteiger partial charge in [-0.2, -0.15) is 0 Å². The van der Waals surface area contributed by atoms with Crippen LogP contribution in [0.15, 0.2) is 0 Å². The third-order valence-electron chi connectivity index (χ3n) is 3.96. The first-order valence-corrected chi connectivity index (χ1v) is 4.81. The van der Waals surface area contributed by atoms with Crippen molar-refractivity contribution in [2.75, 3.05) is 6.61 Å². The Balaban J connectivity index is 2.25. The Labute approximate surface area is 73.0 Å². The van der Waals surface area contributed by atoms with E-state index in [1.165, 1.54) is 12.8 Å².